The van der Waals surface area contributed by atoms with Gasteiger partial charge in [0.1, 0.15) is 12.2 Å². The predicted octanol–water partition coefficient (Wildman–Crippen LogP) is 2.52. The monoisotopic (exact) mass is 328 g/mol. The number of para-hydroxylation sites is 2. The van der Waals surface area contributed by atoms with Crippen molar-refractivity contribution in [1.29, 1.82) is 0 Å². The van der Waals surface area contributed by atoms with Crippen LogP contribution in [0.15, 0.2) is 30.6 Å². The highest BCUT2D eigenvalue weighted by molar-refractivity contribution is 5.93. The minimum atomic E-state index is -0.245. The van der Waals surface area contributed by atoms with Crippen LogP contribution in [0.2, 0.25) is 0 Å². The Morgan fingerprint density at radius 2 is 2.08 bits per heavy atom. The van der Waals surface area contributed by atoms with Gasteiger partial charge in [0.15, 0.2) is 0 Å². The van der Waals surface area contributed by atoms with Gasteiger partial charge in [-0.2, -0.15) is 5.10 Å². The number of carbonyl (C=O) groups is 1. The van der Waals surface area contributed by atoms with E-state index in [2.05, 4.69) is 38.7 Å². The van der Waals surface area contributed by atoms with E-state index in [0.717, 1.165) is 11.4 Å². The maximum atomic E-state index is 12.2. The topological polar surface area (TPSA) is 75.1 Å². The molecule has 1 saturated carbocycles. The van der Waals surface area contributed by atoms with Gasteiger partial charge >= 0.3 is 6.03 Å². The maximum Gasteiger partial charge on any atom is 0.319 e. The second-order valence-corrected chi connectivity index (χ2v) is 6.17. The molecule has 1 aromatic heterocycles. The smallest absolute Gasteiger partial charge is 0.319 e. The first-order chi connectivity index (χ1) is 11.6. The van der Waals surface area contributed by atoms with E-state index in [1.165, 1.54) is 32.0 Å². The molecule has 0 spiro atoms. The zero-order valence-electron chi connectivity index (χ0n) is 14.2. The van der Waals surface area contributed by atoms with Crippen molar-refractivity contribution in [3.05, 3.63) is 36.4 Å². The Labute approximate surface area is 142 Å². The third kappa shape index (κ3) is 3.67. The number of aryl methyl sites for hydroxylation is 1. The van der Waals surface area contributed by atoms with Crippen LogP contribution in [0, 0.1) is 0 Å². The fourth-order valence-corrected chi connectivity index (χ4v) is 3.18. The van der Waals surface area contributed by atoms with Gasteiger partial charge in [-0.05, 0) is 25.0 Å². The number of aromatic nitrogens is 3. The second-order valence-electron chi connectivity index (χ2n) is 6.17. The fraction of sp³-hybridized carbons (Fsp3) is 0.471. The third-order valence-corrected chi connectivity index (χ3v) is 4.62. The van der Waals surface area contributed by atoms with E-state index in [1.54, 1.807) is 11.7 Å². The Balaban J connectivity index is 1.64. The molecule has 3 rings (SSSR count). The highest BCUT2D eigenvalue weighted by Crippen LogP contribution is 2.31. The van der Waals surface area contributed by atoms with E-state index < -0.39 is 0 Å². The normalized spacial score (nSPS) is 14.6. The molecule has 2 aromatic rings. The largest absolute Gasteiger partial charge is 0.370 e. The SMILES string of the molecule is CN(c1ccccc1NC(=O)NCc1ncnn1C)C1CCCC1. The molecule has 24 heavy (non-hydrogen) atoms. The van der Waals surface area contributed by atoms with Crippen molar-refractivity contribution in [3.8, 4) is 0 Å². The third-order valence-electron chi connectivity index (χ3n) is 4.62. The molecule has 2 N–H and O–H groups in total. The van der Waals surface area contributed by atoms with E-state index >= 15 is 0 Å². The Morgan fingerprint density at radius 3 is 2.79 bits per heavy atom. The van der Waals surface area contributed by atoms with Gasteiger partial charge in [0.2, 0.25) is 0 Å². The van der Waals surface area contributed by atoms with E-state index in [9.17, 15) is 4.79 Å². The van der Waals surface area contributed by atoms with Crippen LogP contribution in [0.25, 0.3) is 0 Å². The number of urea groups is 1. The van der Waals surface area contributed by atoms with Crippen molar-refractivity contribution in [3.63, 3.8) is 0 Å². The second kappa shape index (κ2) is 7.33. The maximum absolute atomic E-state index is 12.2. The molecule has 1 aliphatic carbocycles. The van der Waals surface area contributed by atoms with Crippen LogP contribution < -0.4 is 15.5 Å². The number of benzene rings is 1. The minimum absolute atomic E-state index is 0.245. The van der Waals surface area contributed by atoms with Gasteiger partial charge in [0.05, 0.1) is 17.9 Å². The lowest BCUT2D eigenvalue weighted by Gasteiger charge is -2.28. The number of hydrogen-bond donors (Lipinski definition) is 2. The Bertz CT molecular complexity index is 692. The predicted molar refractivity (Wildman–Crippen MR) is 94.0 cm³/mol. The molecule has 0 radical (unpaired) electrons. The summed E-state index contributed by atoms with van der Waals surface area (Å²) in [6.07, 6.45) is 6.46. The summed E-state index contributed by atoms with van der Waals surface area (Å²) in [5, 5.41) is 9.75. The van der Waals surface area contributed by atoms with Gasteiger partial charge in [-0.3, -0.25) is 4.68 Å². The molecule has 0 bridgehead atoms. The summed E-state index contributed by atoms with van der Waals surface area (Å²) < 4.78 is 1.64. The average Bonchev–Trinajstić information content (AvgIpc) is 3.24. The van der Waals surface area contributed by atoms with E-state index in [0.29, 0.717) is 18.4 Å². The van der Waals surface area contributed by atoms with Crippen LogP contribution in [-0.4, -0.2) is 33.9 Å². The summed E-state index contributed by atoms with van der Waals surface area (Å²) in [5.41, 5.74) is 1.88. The Kier molecular flexibility index (Phi) is 4.98. The zero-order chi connectivity index (χ0) is 16.9. The summed E-state index contributed by atoms with van der Waals surface area (Å²) in [7, 11) is 3.90. The van der Waals surface area contributed by atoms with Crippen molar-refractivity contribution < 1.29 is 4.79 Å². The fourth-order valence-electron chi connectivity index (χ4n) is 3.18. The minimum Gasteiger partial charge on any atom is -0.370 e. The molecule has 0 unspecified atom stereocenters. The number of nitrogens with one attached hydrogen (secondary N) is 2. The summed E-state index contributed by atoms with van der Waals surface area (Å²) in [6.45, 7) is 0.336. The lowest BCUT2D eigenvalue weighted by molar-refractivity contribution is 0.251. The van der Waals surface area contributed by atoms with Crippen molar-refractivity contribution in [2.24, 2.45) is 7.05 Å². The molecular weight excluding hydrogens is 304 g/mol. The number of nitrogens with zero attached hydrogens (tertiary/aromatic N) is 4. The first-order valence-corrected chi connectivity index (χ1v) is 8.34. The van der Waals surface area contributed by atoms with E-state index in [4.69, 9.17) is 0 Å². The van der Waals surface area contributed by atoms with Gasteiger partial charge < -0.3 is 15.5 Å². The van der Waals surface area contributed by atoms with Crippen LogP contribution in [0.5, 0.6) is 0 Å². The van der Waals surface area contributed by atoms with Crippen molar-refractivity contribution >= 4 is 17.4 Å². The lowest BCUT2D eigenvalue weighted by atomic mass is 10.1. The first-order valence-electron chi connectivity index (χ1n) is 8.34. The van der Waals surface area contributed by atoms with Gasteiger partial charge in [-0.15, -0.1) is 0 Å². The van der Waals surface area contributed by atoms with Gasteiger partial charge in [0, 0.05) is 20.1 Å². The van der Waals surface area contributed by atoms with Crippen molar-refractivity contribution in [2.45, 2.75) is 38.3 Å². The number of hydrogen-bond acceptors (Lipinski definition) is 4. The molecule has 0 saturated heterocycles. The number of amides is 2. The van der Waals surface area contributed by atoms with Crippen LogP contribution in [-0.2, 0) is 13.6 Å². The summed E-state index contributed by atoms with van der Waals surface area (Å²) in [6, 6.07) is 8.23. The van der Waals surface area contributed by atoms with Gasteiger partial charge in [-0.25, -0.2) is 9.78 Å². The molecule has 7 nitrogen and oxygen atoms in total. The van der Waals surface area contributed by atoms with Gasteiger partial charge in [0.25, 0.3) is 0 Å². The number of carbonyl (C=O) groups excluding carboxylic acids is 1. The highest BCUT2D eigenvalue weighted by atomic mass is 16.2. The molecule has 2 amide bonds. The number of anilines is 2. The molecular formula is C17H24N6O. The molecule has 0 aliphatic heterocycles. The summed E-state index contributed by atoms with van der Waals surface area (Å²) in [4.78, 5) is 18.6. The van der Waals surface area contributed by atoms with Crippen LogP contribution in [0.4, 0.5) is 16.2 Å². The van der Waals surface area contributed by atoms with Crippen LogP contribution in [0.1, 0.15) is 31.5 Å². The zero-order valence-corrected chi connectivity index (χ0v) is 14.2. The molecule has 0 atom stereocenters. The highest BCUT2D eigenvalue weighted by Gasteiger charge is 2.21. The Morgan fingerprint density at radius 1 is 1.33 bits per heavy atom. The van der Waals surface area contributed by atoms with Crippen molar-refractivity contribution in [2.75, 3.05) is 17.3 Å². The Hall–Kier alpha value is -2.57. The molecule has 1 fully saturated rings. The lowest BCUT2D eigenvalue weighted by Crippen LogP contribution is -2.32. The standard InChI is InChI=1S/C17H24N6O/c1-22(13-7-3-4-8-13)15-10-6-5-9-14(15)21-17(24)18-11-16-19-12-20-23(16)2/h5-6,9-10,12-13H,3-4,7-8,11H2,1-2H3,(H2,18,21,24). The van der Waals surface area contributed by atoms with E-state index in [1.807, 2.05) is 18.2 Å². The quantitative estimate of drug-likeness (QED) is 0.884. The van der Waals surface area contributed by atoms with Gasteiger partial charge in [-0.1, -0.05) is 25.0 Å². The first kappa shape index (κ1) is 16.3. The average molecular weight is 328 g/mol. The molecule has 1 aliphatic rings. The van der Waals surface area contributed by atoms with Crippen LogP contribution in [0.3, 0.4) is 0 Å². The number of rotatable bonds is 5. The summed E-state index contributed by atoms with van der Waals surface area (Å²) in [5.74, 6) is 0.710. The molecule has 128 valence electrons. The molecule has 7 heteroatoms. The van der Waals surface area contributed by atoms with Crippen molar-refractivity contribution in [1.82, 2.24) is 20.1 Å². The van der Waals surface area contributed by atoms with E-state index in [-0.39, 0.29) is 6.03 Å². The van der Waals surface area contributed by atoms with Crippen LogP contribution >= 0.6 is 0 Å². The molecule has 1 heterocycles. The molecule has 1 aromatic carbocycles. The summed E-state index contributed by atoms with van der Waals surface area (Å²) >= 11 is 0.